The van der Waals surface area contributed by atoms with Crippen molar-refractivity contribution in [3.63, 3.8) is 0 Å². The molecule has 2 rings (SSSR count). The van der Waals surface area contributed by atoms with Crippen LogP contribution in [0.3, 0.4) is 0 Å². The van der Waals surface area contributed by atoms with Crippen LogP contribution in [0.25, 0.3) is 0 Å². The highest BCUT2D eigenvalue weighted by atomic mass is 32.1. The Bertz CT molecular complexity index is 948. The van der Waals surface area contributed by atoms with E-state index in [1.807, 2.05) is 20.8 Å². The number of amides is 1. The minimum atomic E-state index is -1.10. The van der Waals surface area contributed by atoms with Crippen molar-refractivity contribution in [2.75, 3.05) is 5.32 Å². The first-order valence-electron chi connectivity index (χ1n) is 15.8. The predicted molar refractivity (Wildman–Crippen MR) is 172 cm³/mol. The van der Waals surface area contributed by atoms with Gasteiger partial charge >= 0.3 is 0 Å². The Morgan fingerprint density at radius 3 is 1.88 bits per heavy atom. The van der Waals surface area contributed by atoms with Crippen LogP contribution in [-0.2, 0) is 14.3 Å². The summed E-state index contributed by atoms with van der Waals surface area (Å²) in [6.07, 6.45) is 14.7. The number of para-hydroxylation sites is 1. The number of nitrogens with one attached hydrogen (secondary N) is 2. The minimum Gasteiger partial charge on any atom is -0.468 e. The fourth-order valence-electron chi connectivity index (χ4n) is 6.08. The second kappa shape index (κ2) is 15.9. The number of aldehydes is 1. The predicted octanol–water partition coefficient (Wildman–Crippen LogP) is 9.06. The van der Waals surface area contributed by atoms with Gasteiger partial charge in [0.05, 0.1) is 12.0 Å². The Hall–Kier alpha value is -1.95. The van der Waals surface area contributed by atoms with E-state index in [0.717, 1.165) is 35.9 Å². The SMILES string of the molecule is CCCCCCCCCCCCC(C)OC(=S)NC(=O)C1(Nc2c(C(C)C)cccc2C(C)C)C(C=O)C1(C)C. The average molecular weight is 573 g/mol. The molecule has 5 nitrogen and oxygen atoms in total. The van der Waals surface area contributed by atoms with Gasteiger partial charge in [0, 0.05) is 11.1 Å². The molecule has 0 radical (unpaired) electrons. The number of carbonyl (C=O) groups excluding carboxylic acids is 2. The lowest BCUT2D eigenvalue weighted by atomic mass is 9.91. The molecule has 0 spiro atoms. The van der Waals surface area contributed by atoms with Gasteiger partial charge in [0.2, 0.25) is 0 Å². The van der Waals surface area contributed by atoms with Crippen molar-refractivity contribution in [1.82, 2.24) is 5.32 Å². The topological polar surface area (TPSA) is 67.4 Å². The molecule has 6 heteroatoms. The van der Waals surface area contributed by atoms with Crippen LogP contribution in [0.1, 0.15) is 149 Å². The largest absolute Gasteiger partial charge is 0.468 e. The molecule has 1 aromatic carbocycles. The summed E-state index contributed by atoms with van der Waals surface area (Å²) in [7, 11) is 0. The van der Waals surface area contributed by atoms with Gasteiger partial charge < -0.3 is 14.8 Å². The Kier molecular flexibility index (Phi) is 13.6. The molecule has 0 aliphatic heterocycles. The Labute approximate surface area is 250 Å². The number of hydrogen-bond acceptors (Lipinski definition) is 5. The number of hydrogen-bond donors (Lipinski definition) is 2. The maximum absolute atomic E-state index is 13.8. The van der Waals surface area contributed by atoms with E-state index < -0.39 is 16.9 Å². The number of rotatable bonds is 18. The maximum atomic E-state index is 13.8. The monoisotopic (exact) mass is 572 g/mol. The molecule has 0 saturated heterocycles. The Morgan fingerprint density at radius 2 is 1.43 bits per heavy atom. The zero-order valence-electron chi connectivity index (χ0n) is 26.5. The number of benzene rings is 1. The van der Waals surface area contributed by atoms with Crippen LogP contribution in [-0.4, -0.2) is 29.0 Å². The molecule has 0 aromatic heterocycles. The molecule has 0 heterocycles. The van der Waals surface area contributed by atoms with Crippen LogP contribution in [0.5, 0.6) is 0 Å². The minimum absolute atomic E-state index is 0.0750. The third-order valence-electron chi connectivity index (χ3n) is 8.85. The summed E-state index contributed by atoms with van der Waals surface area (Å²) in [5.41, 5.74) is 1.54. The molecule has 0 bridgehead atoms. The van der Waals surface area contributed by atoms with E-state index in [0.29, 0.717) is 0 Å². The standard InChI is InChI=1S/C34H56N2O3S/c1-9-10-11-12-13-14-15-16-17-18-20-26(6)39-32(40)35-31(38)34(29(23-37)33(34,7)8)36-30-27(24(2)3)21-19-22-28(30)25(4)5/h19,21-26,29,36H,9-18,20H2,1-8H3,(H,35,38,40). The molecule has 3 unspecified atom stereocenters. The Balaban J connectivity index is 1.96. The molecule has 1 saturated carbocycles. The summed E-state index contributed by atoms with van der Waals surface area (Å²) < 4.78 is 5.92. The Morgan fingerprint density at radius 1 is 0.925 bits per heavy atom. The van der Waals surface area contributed by atoms with Crippen molar-refractivity contribution in [3.05, 3.63) is 29.3 Å². The lowest BCUT2D eigenvalue weighted by Gasteiger charge is -2.28. The van der Waals surface area contributed by atoms with Crippen LogP contribution in [0.15, 0.2) is 18.2 Å². The van der Waals surface area contributed by atoms with Gasteiger partial charge in [-0.25, -0.2) is 0 Å². The van der Waals surface area contributed by atoms with Crippen molar-refractivity contribution in [3.8, 4) is 0 Å². The summed E-state index contributed by atoms with van der Waals surface area (Å²) >= 11 is 5.46. The highest BCUT2D eigenvalue weighted by Crippen LogP contribution is 2.63. The first-order chi connectivity index (χ1) is 18.9. The van der Waals surface area contributed by atoms with E-state index in [-0.39, 0.29) is 29.0 Å². The molecule has 1 aliphatic carbocycles. The van der Waals surface area contributed by atoms with E-state index in [1.165, 1.54) is 57.8 Å². The van der Waals surface area contributed by atoms with Crippen molar-refractivity contribution in [2.24, 2.45) is 11.3 Å². The van der Waals surface area contributed by atoms with Crippen LogP contribution in [0.4, 0.5) is 5.69 Å². The molecule has 1 aliphatic rings. The zero-order chi connectivity index (χ0) is 29.9. The summed E-state index contributed by atoms with van der Waals surface area (Å²) in [5.74, 6) is -0.270. The smallest absolute Gasteiger partial charge is 0.263 e. The molecule has 2 N–H and O–H groups in total. The molecular weight excluding hydrogens is 516 g/mol. The van der Waals surface area contributed by atoms with Gasteiger partial charge in [0.15, 0.2) is 0 Å². The molecule has 1 aromatic rings. The average Bonchev–Trinajstić information content (AvgIpc) is 3.38. The first kappa shape index (κ1) is 34.3. The lowest BCUT2D eigenvalue weighted by molar-refractivity contribution is -0.123. The zero-order valence-corrected chi connectivity index (χ0v) is 27.3. The van der Waals surface area contributed by atoms with Crippen LogP contribution in [0, 0.1) is 11.3 Å². The quantitative estimate of drug-likeness (QED) is 0.104. The van der Waals surface area contributed by atoms with Gasteiger partial charge in [-0.15, -0.1) is 0 Å². The van der Waals surface area contributed by atoms with Gasteiger partial charge in [-0.3, -0.25) is 10.1 Å². The molecule has 1 amide bonds. The fraction of sp³-hybridized carbons (Fsp3) is 0.735. The molecular formula is C34H56N2O3S. The van der Waals surface area contributed by atoms with Gasteiger partial charge in [0.1, 0.15) is 11.8 Å². The van der Waals surface area contributed by atoms with Crippen LogP contribution >= 0.6 is 12.2 Å². The summed E-state index contributed by atoms with van der Waals surface area (Å²) in [4.78, 5) is 26.0. The van der Waals surface area contributed by atoms with E-state index in [9.17, 15) is 9.59 Å². The summed E-state index contributed by atoms with van der Waals surface area (Å²) in [6, 6.07) is 6.26. The van der Waals surface area contributed by atoms with E-state index >= 15 is 0 Å². The highest BCUT2D eigenvalue weighted by Gasteiger charge is 2.76. The van der Waals surface area contributed by atoms with E-state index in [4.69, 9.17) is 17.0 Å². The second-order valence-electron chi connectivity index (χ2n) is 13.0. The third-order valence-corrected chi connectivity index (χ3v) is 9.05. The molecule has 3 atom stereocenters. The molecule has 40 heavy (non-hydrogen) atoms. The third kappa shape index (κ3) is 8.53. The van der Waals surface area contributed by atoms with Crippen molar-refractivity contribution in [1.29, 1.82) is 0 Å². The van der Waals surface area contributed by atoms with Crippen molar-refractivity contribution < 1.29 is 14.3 Å². The number of anilines is 1. The van der Waals surface area contributed by atoms with Crippen LogP contribution < -0.4 is 10.6 Å². The first-order valence-corrected chi connectivity index (χ1v) is 16.2. The second-order valence-corrected chi connectivity index (χ2v) is 13.4. The van der Waals surface area contributed by atoms with Gasteiger partial charge in [-0.2, -0.15) is 0 Å². The number of carbonyl (C=O) groups is 2. The van der Waals surface area contributed by atoms with Crippen LogP contribution in [0.2, 0.25) is 0 Å². The van der Waals surface area contributed by atoms with Crippen molar-refractivity contribution >= 4 is 35.3 Å². The molecule has 1 fully saturated rings. The lowest BCUT2D eigenvalue weighted by Crippen LogP contribution is -2.49. The van der Waals surface area contributed by atoms with E-state index in [1.54, 1.807) is 0 Å². The number of ether oxygens (including phenoxy) is 1. The number of thiocarbonyl (C=S) groups is 1. The maximum Gasteiger partial charge on any atom is 0.263 e. The van der Waals surface area contributed by atoms with Gasteiger partial charge in [0.25, 0.3) is 11.1 Å². The summed E-state index contributed by atoms with van der Waals surface area (Å²) in [6.45, 7) is 16.8. The van der Waals surface area contributed by atoms with Crippen molar-refractivity contribution in [2.45, 2.75) is 149 Å². The van der Waals surface area contributed by atoms with E-state index in [2.05, 4.69) is 63.5 Å². The fourth-order valence-corrected chi connectivity index (χ4v) is 6.34. The van der Waals surface area contributed by atoms with Gasteiger partial charge in [-0.05, 0) is 54.9 Å². The highest BCUT2D eigenvalue weighted by molar-refractivity contribution is 7.80. The van der Waals surface area contributed by atoms with Gasteiger partial charge in [-0.1, -0.05) is 124 Å². The number of unbranched alkanes of at least 4 members (excludes halogenated alkanes) is 9. The normalized spacial score (nSPS) is 20.3. The molecule has 226 valence electrons. The summed E-state index contributed by atoms with van der Waals surface area (Å²) in [5, 5.41) is 6.52.